The molecule has 1 aromatic carbocycles. The van der Waals surface area contributed by atoms with Gasteiger partial charge in [0.25, 0.3) is 5.91 Å². The van der Waals surface area contributed by atoms with Crippen molar-refractivity contribution in [2.75, 3.05) is 19.3 Å². The summed E-state index contributed by atoms with van der Waals surface area (Å²) in [5.74, 6) is 0.999. The van der Waals surface area contributed by atoms with Gasteiger partial charge in [-0.05, 0) is 36.0 Å². The maximum absolute atomic E-state index is 12.6. The molecule has 1 heterocycles. The molecule has 0 radical (unpaired) electrons. The third-order valence-corrected chi connectivity index (χ3v) is 4.62. The van der Waals surface area contributed by atoms with E-state index in [1.165, 1.54) is 6.26 Å². The molecule has 0 aliphatic carbocycles. The zero-order chi connectivity index (χ0) is 15.6. The number of carbonyl (C=O) groups excluding carboxylic acids is 1. The Bertz CT molecular complexity index is 614. The first kappa shape index (κ1) is 16.0. The molecule has 4 nitrogen and oxygen atoms in total. The predicted octanol–water partition coefficient (Wildman–Crippen LogP) is 2.35. The normalized spacial score (nSPS) is 23.1. The van der Waals surface area contributed by atoms with Crippen molar-refractivity contribution in [1.29, 1.82) is 0 Å². The van der Waals surface area contributed by atoms with Crippen molar-refractivity contribution < 1.29 is 13.2 Å². The summed E-state index contributed by atoms with van der Waals surface area (Å²) in [5.41, 5.74) is 1.25. The smallest absolute Gasteiger partial charge is 0.253 e. The summed E-state index contributed by atoms with van der Waals surface area (Å²) in [4.78, 5) is 14.5. The summed E-state index contributed by atoms with van der Waals surface area (Å²) in [6, 6.07) is 6.97. The molecule has 1 saturated heterocycles. The van der Waals surface area contributed by atoms with Crippen LogP contribution in [-0.2, 0) is 15.6 Å². The fourth-order valence-corrected chi connectivity index (χ4v) is 3.89. The number of sulfone groups is 1. The van der Waals surface area contributed by atoms with E-state index in [1.54, 1.807) is 24.3 Å². The highest BCUT2D eigenvalue weighted by Crippen LogP contribution is 2.22. The van der Waals surface area contributed by atoms with Gasteiger partial charge in [0, 0.05) is 24.9 Å². The Morgan fingerprint density at radius 3 is 2.43 bits per heavy atom. The van der Waals surface area contributed by atoms with Gasteiger partial charge in [-0.1, -0.05) is 26.0 Å². The van der Waals surface area contributed by atoms with Gasteiger partial charge in [0.15, 0.2) is 9.84 Å². The standard InChI is InChI=1S/C16H23NO3S/c1-12-7-13(2)10-17(9-12)16(18)15-6-4-5-14(8-15)11-21(3,19)20/h4-6,8,12-13H,7,9-11H2,1-3H3/t12-,13-/m1/s1. The molecule has 2 atom stereocenters. The van der Waals surface area contributed by atoms with Gasteiger partial charge in [-0.25, -0.2) is 8.42 Å². The van der Waals surface area contributed by atoms with Crippen molar-refractivity contribution in [1.82, 2.24) is 4.90 Å². The van der Waals surface area contributed by atoms with E-state index in [9.17, 15) is 13.2 Å². The third-order valence-electron chi connectivity index (χ3n) is 3.76. The number of rotatable bonds is 3. The van der Waals surface area contributed by atoms with Crippen LogP contribution in [0, 0.1) is 11.8 Å². The SMILES string of the molecule is C[C@@H]1C[C@@H](C)CN(C(=O)c2cccc(CS(C)(=O)=O)c2)C1. The van der Waals surface area contributed by atoms with Gasteiger partial charge in [-0.15, -0.1) is 0 Å². The van der Waals surface area contributed by atoms with Gasteiger partial charge in [-0.2, -0.15) is 0 Å². The molecule has 0 bridgehead atoms. The van der Waals surface area contributed by atoms with Crippen molar-refractivity contribution in [3.63, 3.8) is 0 Å². The molecule has 1 fully saturated rings. The van der Waals surface area contributed by atoms with E-state index < -0.39 is 9.84 Å². The minimum absolute atomic E-state index is 0.00347. The Hall–Kier alpha value is -1.36. The average Bonchev–Trinajstić information content (AvgIpc) is 2.35. The molecule has 5 heteroatoms. The molecule has 0 spiro atoms. The van der Waals surface area contributed by atoms with Gasteiger partial charge in [0.2, 0.25) is 0 Å². The number of hydrogen-bond acceptors (Lipinski definition) is 3. The zero-order valence-electron chi connectivity index (χ0n) is 12.9. The second kappa shape index (κ2) is 6.18. The molecular formula is C16H23NO3S. The van der Waals surface area contributed by atoms with E-state index in [0.717, 1.165) is 19.5 Å². The molecule has 0 unspecified atom stereocenters. The highest BCUT2D eigenvalue weighted by atomic mass is 32.2. The van der Waals surface area contributed by atoms with Gasteiger partial charge in [0.05, 0.1) is 5.75 Å². The Morgan fingerprint density at radius 2 is 1.86 bits per heavy atom. The topological polar surface area (TPSA) is 54.5 Å². The molecule has 1 aliphatic rings. The first-order chi connectivity index (χ1) is 9.74. The highest BCUT2D eigenvalue weighted by Gasteiger charge is 2.26. The van der Waals surface area contributed by atoms with Crippen molar-refractivity contribution in [2.45, 2.75) is 26.0 Å². The lowest BCUT2D eigenvalue weighted by atomic mass is 9.91. The van der Waals surface area contributed by atoms with Crippen LogP contribution in [0.3, 0.4) is 0 Å². The molecule has 0 N–H and O–H groups in total. The minimum Gasteiger partial charge on any atom is -0.338 e. The van der Waals surface area contributed by atoms with E-state index in [-0.39, 0.29) is 11.7 Å². The van der Waals surface area contributed by atoms with Crippen molar-refractivity contribution >= 4 is 15.7 Å². The van der Waals surface area contributed by atoms with Crippen LogP contribution in [0.25, 0.3) is 0 Å². The summed E-state index contributed by atoms with van der Waals surface area (Å²) in [5, 5.41) is 0. The van der Waals surface area contributed by atoms with Crippen LogP contribution < -0.4 is 0 Å². The van der Waals surface area contributed by atoms with Crippen LogP contribution >= 0.6 is 0 Å². The lowest BCUT2D eigenvalue weighted by Gasteiger charge is -2.35. The summed E-state index contributed by atoms with van der Waals surface area (Å²) < 4.78 is 22.7. The molecule has 1 amide bonds. The number of hydrogen-bond donors (Lipinski definition) is 0. The van der Waals surface area contributed by atoms with Crippen LogP contribution in [0.5, 0.6) is 0 Å². The summed E-state index contributed by atoms with van der Waals surface area (Å²) in [6.07, 6.45) is 2.35. The summed E-state index contributed by atoms with van der Waals surface area (Å²) in [6.45, 7) is 5.88. The Balaban J connectivity index is 2.17. The predicted molar refractivity (Wildman–Crippen MR) is 83.8 cm³/mol. The molecule has 0 saturated carbocycles. The number of nitrogens with zero attached hydrogens (tertiary/aromatic N) is 1. The number of piperidine rings is 1. The molecule has 116 valence electrons. The van der Waals surface area contributed by atoms with E-state index in [2.05, 4.69) is 13.8 Å². The second-order valence-corrected chi connectivity index (χ2v) is 8.57. The average molecular weight is 309 g/mol. The fourth-order valence-electron chi connectivity index (χ4n) is 3.11. The van der Waals surface area contributed by atoms with Gasteiger partial charge < -0.3 is 4.90 Å². The maximum atomic E-state index is 12.6. The molecule has 1 aromatic rings. The van der Waals surface area contributed by atoms with Crippen LogP contribution in [0.2, 0.25) is 0 Å². The lowest BCUT2D eigenvalue weighted by Crippen LogP contribution is -2.42. The van der Waals surface area contributed by atoms with E-state index in [1.807, 2.05) is 4.90 Å². The van der Waals surface area contributed by atoms with E-state index in [4.69, 9.17) is 0 Å². The van der Waals surface area contributed by atoms with Crippen LogP contribution in [0.15, 0.2) is 24.3 Å². The quantitative estimate of drug-likeness (QED) is 0.861. The van der Waals surface area contributed by atoms with Crippen LogP contribution in [0.1, 0.15) is 36.2 Å². The Morgan fingerprint density at radius 1 is 1.24 bits per heavy atom. The highest BCUT2D eigenvalue weighted by molar-refractivity contribution is 7.89. The molecule has 0 aromatic heterocycles. The van der Waals surface area contributed by atoms with Gasteiger partial charge in [-0.3, -0.25) is 4.79 Å². The van der Waals surface area contributed by atoms with Crippen molar-refractivity contribution in [2.24, 2.45) is 11.8 Å². The van der Waals surface area contributed by atoms with E-state index in [0.29, 0.717) is 23.0 Å². The van der Waals surface area contributed by atoms with Gasteiger partial charge in [0.1, 0.15) is 0 Å². The van der Waals surface area contributed by atoms with E-state index >= 15 is 0 Å². The number of carbonyl (C=O) groups is 1. The second-order valence-electron chi connectivity index (χ2n) is 6.43. The fraction of sp³-hybridized carbons (Fsp3) is 0.562. The molecule has 21 heavy (non-hydrogen) atoms. The minimum atomic E-state index is -3.09. The third kappa shape index (κ3) is 4.56. The number of amides is 1. The molecule has 1 aliphatic heterocycles. The lowest BCUT2D eigenvalue weighted by molar-refractivity contribution is 0.0623. The van der Waals surface area contributed by atoms with Gasteiger partial charge >= 0.3 is 0 Å². The Labute approximate surface area is 127 Å². The first-order valence-electron chi connectivity index (χ1n) is 7.30. The molecular weight excluding hydrogens is 286 g/mol. The summed E-state index contributed by atoms with van der Waals surface area (Å²) >= 11 is 0. The first-order valence-corrected chi connectivity index (χ1v) is 9.36. The summed E-state index contributed by atoms with van der Waals surface area (Å²) in [7, 11) is -3.09. The zero-order valence-corrected chi connectivity index (χ0v) is 13.7. The number of benzene rings is 1. The number of likely N-dealkylation sites (tertiary alicyclic amines) is 1. The van der Waals surface area contributed by atoms with Crippen molar-refractivity contribution in [3.8, 4) is 0 Å². The largest absolute Gasteiger partial charge is 0.338 e. The molecule has 2 rings (SSSR count). The van der Waals surface area contributed by atoms with Crippen LogP contribution in [0.4, 0.5) is 0 Å². The maximum Gasteiger partial charge on any atom is 0.253 e. The van der Waals surface area contributed by atoms with Crippen molar-refractivity contribution in [3.05, 3.63) is 35.4 Å². The monoisotopic (exact) mass is 309 g/mol. The van der Waals surface area contributed by atoms with Crippen LogP contribution in [-0.4, -0.2) is 38.6 Å². The Kier molecular flexibility index (Phi) is 4.71.